The quantitative estimate of drug-likeness (QED) is 0.277. The lowest BCUT2D eigenvalue weighted by Gasteiger charge is -2.22. The molecule has 0 aliphatic rings. The molecule has 0 fully saturated rings. The van der Waals surface area contributed by atoms with E-state index in [0.29, 0.717) is 0 Å². The molecule has 0 bridgehead atoms. The van der Waals surface area contributed by atoms with Crippen LogP contribution in [0.2, 0.25) is 0 Å². The highest BCUT2D eigenvalue weighted by molar-refractivity contribution is 5.75. The smallest absolute Gasteiger partial charge is 0.337 e. The van der Waals surface area contributed by atoms with Gasteiger partial charge in [0.1, 0.15) is 18.3 Å². The average Bonchev–Trinajstić information content (AvgIpc) is 2.23. The van der Waals surface area contributed by atoms with Crippen molar-refractivity contribution < 1.29 is 34.8 Å². The Hall–Kier alpha value is -1.02. The molecule has 0 aliphatic carbocycles. The first-order valence-corrected chi connectivity index (χ1v) is 3.71. The van der Waals surface area contributed by atoms with E-state index in [0.717, 1.165) is 7.11 Å². The number of aliphatic hydroxyl groups excluding tert-OH is 4. The number of aliphatic hydroxyl groups is 4. The highest BCUT2D eigenvalue weighted by Gasteiger charge is 2.34. The van der Waals surface area contributed by atoms with Gasteiger partial charge in [-0.2, -0.15) is 0 Å². The van der Waals surface area contributed by atoms with Crippen LogP contribution in [0, 0.1) is 0 Å². The Morgan fingerprint density at radius 3 is 2.07 bits per heavy atom. The molecule has 0 saturated carbocycles. The molecule has 0 spiro atoms. The fourth-order valence-corrected chi connectivity index (χ4v) is 0.729. The number of carbonyl (C=O) groups excluding carboxylic acids is 2. The first-order chi connectivity index (χ1) is 6.45. The van der Waals surface area contributed by atoms with E-state index in [1.165, 1.54) is 0 Å². The van der Waals surface area contributed by atoms with Crippen LogP contribution in [0.1, 0.15) is 0 Å². The van der Waals surface area contributed by atoms with Gasteiger partial charge in [-0.1, -0.05) is 0 Å². The zero-order valence-corrected chi connectivity index (χ0v) is 7.40. The van der Waals surface area contributed by atoms with Gasteiger partial charge in [-0.3, -0.25) is 0 Å². The molecule has 4 N–H and O–H groups in total. The average molecular weight is 208 g/mol. The SMILES string of the molecule is COC(=O)[C@@H](O)[C@@H](O)[C@H](O)[C@@H](O)C=O. The maximum absolute atomic E-state index is 10.7. The van der Waals surface area contributed by atoms with Crippen LogP contribution in [0.3, 0.4) is 0 Å². The predicted molar refractivity (Wildman–Crippen MR) is 42.1 cm³/mol. The topological polar surface area (TPSA) is 124 Å². The van der Waals surface area contributed by atoms with Gasteiger partial charge in [-0.05, 0) is 0 Å². The zero-order valence-electron chi connectivity index (χ0n) is 7.40. The number of hydrogen-bond acceptors (Lipinski definition) is 7. The maximum atomic E-state index is 10.7. The molecular formula is C7H12O7. The molecule has 0 rings (SSSR count). The third-order valence-electron chi connectivity index (χ3n) is 1.61. The Bertz CT molecular complexity index is 204. The normalized spacial score (nSPS) is 19.2. The van der Waals surface area contributed by atoms with E-state index >= 15 is 0 Å². The summed E-state index contributed by atoms with van der Waals surface area (Å²) >= 11 is 0. The molecule has 7 nitrogen and oxygen atoms in total. The Kier molecular flexibility index (Phi) is 5.24. The molecular weight excluding hydrogens is 196 g/mol. The summed E-state index contributed by atoms with van der Waals surface area (Å²) in [6.07, 6.45) is -7.84. The van der Waals surface area contributed by atoms with Crippen molar-refractivity contribution in [2.24, 2.45) is 0 Å². The minimum absolute atomic E-state index is 0.0299. The molecule has 0 amide bonds. The predicted octanol–water partition coefficient (Wildman–Crippen LogP) is -3.20. The Balaban J connectivity index is 4.37. The van der Waals surface area contributed by atoms with Crippen LogP contribution < -0.4 is 0 Å². The summed E-state index contributed by atoms with van der Waals surface area (Å²) in [5.41, 5.74) is 0. The summed E-state index contributed by atoms with van der Waals surface area (Å²) in [4.78, 5) is 20.6. The number of carbonyl (C=O) groups is 2. The second kappa shape index (κ2) is 5.66. The van der Waals surface area contributed by atoms with Crippen molar-refractivity contribution in [3.05, 3.63) is 0 Å². The van der Waals surface area contributed by atoms with E-state index in [4.69, 9.17) is 20.4 Å². The molecule has 0 aromatic rings. The van der Waals surface area contributed by atoms with Gasteiger partial charge in [0.25, 0.3) is 0 Å². The number of esters is 1. The van der Waals surface area contributed by atoms with Gasteiger partial charge in [0.2, 0.25) is 0 Å². The summed E-state index contributed by atoms with van der Waals surface area (Å²) in [5.74, 6) is -1.17. The molecule has 0 saturated heterocycles. The molecule has 0 aromatic carbocycles. The lowest BCUT2D eigenvalue weighted by atomic mass is 10.0. The van der Waals surface area contributed by atoms with Gasteiger partial charge >= 0.3 is 5.97 Å². The number of hydrogen-bond donors (Lipinski definition) is 4. The fraction of sp³-hybridized carbons (Fsp3) is 0.714. The Morgan fingerprint density at radius 1 is 1.21 bits per heavy atom. The monoisotopic (exact) mass is 208 g/mol. The van der Waals surface area contributed by atoms with E-state index < -0.39 is 30.4 Å². The highest BCUT2D eigenvalue weighted by atomic mass is 16.5. The van der Waals surface area contributed by atoms with Gasteiger partial charge in [0, 0.05) is 0 Å². The largest absolute Gasteiger partial charge is 0.467 e. The van der Waals surface area contributed by atoms with Crippen molar-refractivity contribution in [3.8, 4) is 0 Å². The van der Waals surface area contributed by atoms with E-state index in [9.17, 15) is 9.59 Å². The van der Waals surface area contributed by atoms with Gasteiger partial charge in [-0.25, -0.2) is 4.79 Å². The Morgan fingerprint density at radius 2 is 1.71 bits per heavy atom. The number of aldehydes is 1. The first-order valence-electron chi connectivity index (χ1n) is 3.71. The second-order valence-corrected chi connectivity index (χ2v) is 2.58. The molecule has 14 heavy (non-hydrogen) atoms. The number of methoxy groups -OCH3 is 1. The standard InChI is InChI=1S/C7H12O7/c1-14-7(13)6(12)5(11)4(10)3(9)2-8/h2-6,9-12H,1H3/t3-,4+,5-,6-/m0/s1. The molecule has 82 valence electrons. The third kappa shape index (κ3) is 3.04. The number of ether oxygens (including phenoxy) is 1. The van der Waals surface area contributed by atoms with Crippen LogP contribution in [-0.2, 0) is 14.3 Å². The lowest BCUT2D eigenvalue weighted by Crippen LogP contribution is -2.48. The minimum atomic E-state index is -2.01. The summed E-state index contributed by atoms with van der Waals surface area (Å²) in [6.45, 7) is 0. The molecule has 0 aliphatic heterocycles. The number of rotatable bonds is 5. The summed E-state index contributed by atoms with van der Waals surface area (Å²) in [6, 6.07) is 0. The van der Waals surface area contributed by atoms with Crippen molar-refractivity contribution >= 4 is 12.3 Å². The summed E-state index contributed by atoms with van der Waals surface area (Å²) < 4.78 is 4.07. The maximum Gasteiger partial charge on any atom is 0.337 e. The highest BCUT2D eigenvalue weighted by Crippen LogP contribution is 2.05. The van der Waals surface area contributed by atoms with Gasteiger partial charge in [0.15, 0.2) is 12.4 Å². The van der Waals surface area contributed by atoms with Crippen molar-refractivity contribution in [2.45, 2.75) is 24.4 Å². The molecule has 0 radical (unpaired) electrons. The van der Waals surface area contributed by atoms with Crippen molar-refractivity contribution in [3.63, 3.8) is 0 Å². The lowest BCUT2D eigenvalue weighted by molar-refractivity contribution is -0.166. The third-order valence-corrected chi connectivity index (χ3v) is 1.61. The Labute approximate surface area is 79.5 Å². The summed E-state index contributed by atoms with van der Waals surface area (Å²) in [7, 11) is 0.973. The molecule has 7 heteroatoms. The van der Waals surface area contributed by atoms with Gasteiger partial charge < -0.3 is 30.0 Å². The molecule has 4 atom stereocenters. The summed E-state index contributed by atoms with van der Waals surface area (Å²) in [5, 5.41) is 35.8. The van der Waals surface area contributed by atoms with Crippen LogP contribution in [0.4, 0.5) is 0 Å². The molecule has 0 unspecified atom stereocenters. The van der Waals surface area contributed by atoms with Crippen molar-refractivity contribution in [2.75, 3.05) is 7.11 Å². The van der Waals surface area contributed by atoms with Gasteiger partial charge in [0.05, 0.1) is 7.11 Å². The molecule has 0 heterocycles. The van der Waals surface area contributed by atoms with Crippen LogP contribution in [0.5, 0.6) is 0 Å². The van der Waals surface area contributed by atoms with E-state index in [1.54, 1.807) is 0 Å². The van der Waals surface area contributed by atoms with Crippen molar-refractivity contribution in [1.29, 1.82) is 0 Å². The van der Waals surface area contributed by atoms with E-state index in [-0.39, 0.29) is 6.29 Å². The van der Waals surface area contributed by atoms with E-state index in [2.05, 4.69) is 4.74 Å². The van der Waals surface area contributed by atoms with Crippen LogP contribution in [0.25, 0.3) is 0 Å². The minimum Gasteiger partial charge on any atom is -0.467 e. The zero-order chi connectivity index (χ0) is 11.3. The van der Waals surface area contributed by atoms with Crippen LogP contribution in [0.15, 0.2) is 0 Å². The second-order valence-electron chi connectivity index (χ2n) is 2.58. The van der Waals surface area contributed by atoms with Crippen LogP contribution >= 0.6 is 0 Å². The van der Waals surface area contributed by atoms with E-state index in [1.807, 2.05) is 0 Å². The molecule has 0 aromatic heterocycles. The van der Waals surface area contributed by atoms with Crippen molar-refractivity contribution in [1.82, 2.24) is 0 Å². The fourth-order valence-electron chi connectivity index (χ4n) is 0.729. The first kappa shape index (κ1) is 13.0. The van der Waals surface area contributed by atoms with Crippen LogP contribution in [-0.4, -0.2) is 64.2 Å². The van der Waals surface area contributed by atoms with Gasteiger partial charge in [-0.15, -0.1) is 0 Å².